The summed E-state index contributed by atoms with van der Waals surface area (Å²) in [6, 6.07) is 4.46. The first-order valence-electron chi connectivity index (χ1n) is 6.18. The van der Waals surface area contributed by atoms with Gasteiger partial charge in [-0.1, -0.05) is 21.1 Å². The maximum Gasteiger partial charge on any atom is 0.252 e. The van der Waals surface area contributed by atoms with E-state index in [0.29, 0.717) is 21.8 Å². The first-order valence-corrected chi connectivity index (χ1v) is 6.97. The molecular weight excluding hydrogens is 329 g/mol. The van der Waals surface area contributed by atoms with Crippen LogP contribution in [-0.2, 0) is 11.3 Å². The minimum Gasteiger partial charge on any atom is -0.363 e. The van der Waals surface area contributed by atoms with Gasteiger partial charge in [0.15, 0.2) is 0 Å². The molecule has 1 aromatic carbocycles. The highest BCUT2D eigenvalue weighted by atomic mass is 79.9. The highest BCUT2D eigenvalue weighted by Crippen LogP contribution is 2.23. The first-order chi connectivity index (χ1) is 9.54. The van der Waals surface area contributed by atoms with E-state index in [-0.39, 0.29) is 18.0 Å². The highest BCUT2D eigenvalue weighted by Gasteiger charge is 2.33. The number of nitrogens with one attached hydrogen (secondary N) is 1. The van der Waals surface area contributed by atoms with Gasteiger partial charge in [0.25, 0.3) is 5.89 Å². The molecule has 0 spiro atoms. The molecule has 2 aromatic rings. The molecule has 7 heteroatoms. The summed E-state index contributed by atoms with van der Waals surface area (Å²) in [6.07, 6.45) is 0. The van der Waals surface area contributed by atoms with E-state index in [0.717, 1.165) is 13.1 Å². The van der Waals surface area contributed by atoms with Gasteiger partial charge < -0.3 is 14.6 Å². The van der Waals surface area contributed by atoms with Crippen LogP contribution in [0.4, 0.5) is 4.39 Å². The summed E-state index contributed by atoms with van der Waals surface area (Å²) in [4.78, 5) is 4.21. The Morgan fingerprint density at radius 2 is 2.25 bits per heavy atom. The molecule has 0 radical (unpaired) electrons. The average molecular weight is 342 g/mol. The van der Waals surface area contributed by atoms with Gasteiger partial charge in [0.1, 0.15) is 12.4 Å². The minimum atomic E-state index is -0.356. The number of ether oxygens (including phenoxy) is 1. The van der Waals surface area contributed by atoms with Crippen LogP contribution in [0.2, 0.25) is 0 Å². The molecule has 20 heavy (non-hydrogen) atoms. The first kappa shape index (κ1) is 13.7. The van der Waals surface area contributed by atoms with E-state index in [2.05, 4.69) is 31.4 Å². The van der Waals surface area contributed by atoms with Crippen molar-refractivity contribution in [2.75, 3.05) is 13.1 Å². The molecule has 1 aromatic heterocycles. The fourth-order valence-electron chi connectivity index (χ4n) is 1.93. The molecule has 0 aliphatic carbocycles. The van der Waals surface area contributed by atoms with Crippen molar-refractivity contribution >= 4 is 15.9 Å². The quantitative estimate of drug-likeness (QED) is 0.925. The number of hydrogen-bond donors (Lipinski definition) is 1. The lowest BCUT2D eigenvalue weighted by molar-refractivity contribution is -0.0841. The lowest BCUT2D eigenvalue weighted by atomic mass is 10.0. The Balaban J connectivity index is 1.72. The van der Waals surface area contributed by atoms with Crippen molar-refractivity contribution < 1.29 is 13.7 Å². The summed E-state index contributed by atoms with van der Waals surface area (Å²) in [7, 11) is 0. The van der Waals surface area contributed by atoms with E-state index in [4.69, 9.17) is 9.26 Å². The number of aromatic nitrogens is 2. The summed E-state index contributed by atoms with van der Waals surface area (Å²) < 4.78 is 24.8. The molecule has 0 bridgehead atoms. The third-order valence-electron chi connectivity index (χ3n) is 3.13. The van der Waals surface area contributed by atoms with Crippen molar-refractivity contribution in [2.24, 2.45) is 0 Å². The number of rotatable bonds is 4. The summed E-state index contributed by atoms with van der Waals surface area (Å²) in [6.45, 7) is 3.89. The summed E-state index contributed by atoms with van der Waals surface area (Å²) >= 11 is 3.23. The number of nitrogens with zero attached hydrogens (tertiary/aromatic N) is 2. The van der Waals surface area contributed by atoms with Crippen molar-refractivity contribution in [3.05, 3.63) is 34.4 Å². The molecule has 0 unspecified atom stereocenters. The van der Waals surface area contributed by atoms with Crippen molar-refractivity contribution in [2.45, 2.75) is 19.1 Å². The Morgan fingerprint density at radius 3 is 2.90 bits per heavy atom. The normalized spacial score (nSPS) is 16.9. The van der Waals surface area contributed by atoms with Gasteiger partial charge in [-0.3, -0.25) is 0 Å². The number of halogens is 2. The van der Waals surface area contributed by atoms with E-state index in [1.165, 1.54) is 12.1 Å². The standard InChI is InChI=1S/C13H13BrFN3O2/c1-13(6-16-7-13)19-5-11-17-12(18-20-11)8-2-9(14)4-10(15)3-8/h2-4,16H,5-7H2,1H3. The summed E-state index contributed by atoms with van der Waals surface area (Å²) in [5.41, 5.74) is 0.389. The monoisotopic (exact) mass is 341 g/mol. The maximum absolute atomic E-state index is 13.3. The van der Waals surface area contributed by atoms with Crippen LogP contribution in [0.15, 0.2) is 27.2 Å². The van der Waals surface area contributed by atoms with Crippen LogP contribution in [-0.4, -0.2) is 28.8 Å². The van der Waals surface area contributed by atoms with Gasteiger partial charge in [0.2, 0.25) is 5.82 Å². The van der Waals surface area contributed by atoms with Crippen LogP contribution in [0.3, 0.4) is 0 Å². The maximum atomic E-state index is 13.3. The van der Waals surface area contributed by atoms with Gasteiger partial charge in [-0.25, -0.2) is 4.39 Å². The molecule has 106 valence electrons. The molecule has 0 saturated carbocycles. The Kier molecular flexibility index (Phi) is 3.57. The van der Waals surface area contributed by atoms with E-state index < -0.39 is 0 Å². The van der Waals surface area contributed by atoms with E-state index in [9.17, 15) is 4.39 Å². The predicted molar refractivity (Wildman–Crippen MR) is 73.5 cm³/mol. The molecule has 1 aliphatic heterocycles. The van der Waals surface area contributed by atoms with Crippen molar-refractivity contribution in [3.8, 4) is 11.4 Å². The number of benzene rings is 1. The highest BCUT2D eigenvalue weighted by molar-refractivity contribution is 9.10. The van der Waals surface area contributed by atoms with Gasteiger partial charge in [-0.2, -0.15) is 4.98 Å². The third-order valence-corrected chi connectivity index (χ3v) is 3.59. The van der Waals surface area contributed by atoms with Crippen LogP contribution >= 0.6 is 15.9 Å². The zero-order chi connectivity index (χ0) is 14.2. The second-order valence-electron chi connectivity index (χ2n) is 5.01. The molecule has 1 saturated heterocycles. The summed E-state index contributed by atoms with van der Waals surface area (Å²) in [5.74, 6) is 0.374. The number of hydrogen-bond acceptors (Lipinski definition) is 5. The van der Waals surface area contributed by atoms with Gasteiger partial charge in [-0.15, -0.1) is 0 Å². The Bertz CT molecular complexity index is 608. The topological polar surface area (TPSA) is 60.2 Å². The molecule has 5 nitrogen and oxygen atoms in total. The van der Waals surface area contributed by atoms with Crippen LogP contribution < -0.4 is 5.32 Å². The predicted octanol–water partition coefficient (Wildman–Crippen LogP) is 2.52. The second-order valence-corrected chi connectivity index (χ2v) is 5.93. The molecular formula is C13H13BrFN3O2. The fourth-order valence-corrected chi connectivity index (χ4v) is 2.39. The van der Waals surface area contributed by atoms with Gasteiger partial charge in [-0.05, 0) is 25.1 Å². The minimum absolute atomic E-state index is 0.170. The van der Waals surface area contributed by atoms with Crippen molar-refractivity contribution in [1.82, 2.24) is 15.5 Å². The van der Waals surface area contributed by atoms with Crippen LogP contribution in [0.5, 0.6) is 0 Å². The van der Waals surface area contributed by atoms with Gasteiger partial charge in [0, 0.05) is 23.1 Å². The van der Waals surface area contributed by atoms with Crippen molar-refractivity contribution in [3.63, 3.8) is 0 Å². The lowest BCUT2D eigenvalue weighted by Gasteiger charge is -2.38. The fraction of sp³-hybridized carbons (Fsp3) is 0.385. The molecule has 3 rings (SSSR count). The lowest BCUT2D eigenvalue weighted by Crippen LogP contribution is -2.58. The zero-order valence-corrected chi connectivity index (χ0v) is 12.4. The largest absolute Gasteiger partial charge is 0.363 e. The van der Waals surface area contributed by atoms with E-state index >= 15 is 0 Å². The van der Waals surface area contributed by atoms with Crippen LogP contribution in [0.25, 0.3) is 11.4 Å². The van der Waals surface area contributed by atoms with E-state index in [1.54, 1.807) is 6.07 Å². The van der Waals surface area contributed by atoms with Gasteiger partial charge in [0.05, 0.1) is 5.60 Å². The molecule has 1 aliphatic rings. The molecule has 0 amide bonds. The Labute approximate surface area is 123 Å². The molecule has 1 N–H and O–H groups in total. The third kappa shape index (κ3) is 2.89. The van der Waals surface area contributed by atoms with Gasteiger partial charge >= 0.3 is 0 Å². The van der Waals surface area contributed by atoms with Crippen molar-refractivity contribution in [1.29, 1.82) is 0 Å². The summed E-state index contributed by atoms with van der Waals surface area (Å²) in [5, 5.41) is 6.99. The smallest absolute Gasteiger partial charge is 0.252 e. The Morgan fingerprint density at radius 1 is 1.45 bits per heavy atom. The molecule has 0 atom stereocenters. The van der Waals surface area contributed by atoms with Crippen LogP contribution in [0, 0.1) is 5.82 Å². The molecule has 1 fully saturated rings. The Hall–Kier alpha value is -1.31. The second kappa shape index (κ2) is 5.23. The molecule has 2 heterocycles. The van der Waals surface area contributed by atoms with E-state index in [1.807, 2.05) is 6.92 Å². The average Bonchev–Trinajstić information content (AvgIpc) is 2.81. The SMILES string of the molecule is CC1(OCc2nc(-c3cc(F)cc(Br)c3)no2)CNC1. The zero-order valence-electron chi connectivity index (χ0n) is 10.8. The van der Waals surface area contributed by atoms with Crippen LogP contribution in [0.1, 0.15) is 12.8 Å².